The van der Waals surface area contributed by atoms with Gasteiger partial charge in [-0.3, -0.25) is 9.78 Å². The molecule has 1 amide bonds. The molecule has 0 bridgehead atoms. The molecule has 5 rings (SSSR count). The topological polar surface area (TPSA) is 45.2 Å². The molecule has 3 aliphatic rings. The first-order valence-corrected chi connectivity index (χ1v) is 12.5. The number of hydrogen-bond donors (Lipinski definition) is 1. The summed E-state index contributed by atoms with van der Waals surface area (Å²) in [6.07, 6.45) is 5.37. The van der Waals surface area contributed by atoms with Gasteiger partial charge in [0, 0.05) is 42.5 Å². The minimum atomic E-state index is -0.0941. The number of likely N-dealkylation sites (tertiary alicyclic amines) is 1. The summed E-state index contributed by atoms with van der Waals surface area (Å²) < 4.78 is 0. The highest BCUT2D eigenvalue weighted by molar-refractivity contribution is 5.82. The van der Waals surface area contributed by atoms with Crippen molar-refractivity contribution in [2.75, 3.05) is 19.6 Å². The van der Waals surface area contributed by atoms with Crippen LogP contribution in [0.15, 0.2) is 42.5 Å². The van der Waals surface area contributed by atoms with Crippen LogP contribution in [0.3, 0.4) is 0 Å². The van der Waals surface area contributed by atoms with Crippen molar-refractivity contribution in [2.24, 2.45) is 11.8 Å². The van der Waals surface area contributed by atoms with Gasteiger partial charge in [-0.05, 0) is 68.1 Å². The van der Waals surface area contributed by atoms with E-state index < -0.39 is 0 Å². The number of aryl methyl sites for hydroxylation is 2. The maximum atomic E-state index is 14.2. The van der Waals surface area contributed by atoms with Gasteiger partial charge in [-0.2, -0.15) is 0 Å². The molecule has 2 fully saturated rings. The molecular formula is C28H37N3O. The van der Waals surface area contributed by atoms with Gasteiger partial charge in [-0.15, -0.1) is 0 Å². The highest BCUT2D eigenvalue weighted by Gasteiger charge is 2.52. The number of benzene rings is 1. The summed E-state index contributed by atoms with van der Waals surface area (Å²) in [5.74, 6) is 1.39. The van der Waals surface area contributed by atoms with Crippen molar-refractivity contribution in [3.8, 4) is 0 Å². The number of carbonyl (C=O) groups excluding carboxylic acids is 1. The van der Waals surface area contributed by atoms with Gasteiger partial charge in [0.15, 0.2) is 0 Å². The van der Waals surface area contributed by atoms with Gasteiger partial charge in [-0.25, -0.2) is 0 Å². The second kappa shape index (κ2) is 8.62. The maximum Gasteiger partial charge on any atom is 0.228 e. The van der Waals surface area contributed by atoms with E-state index in [4.69, 9.17) is 4.98 Å². The fourth-order valence-corrected chi connectivity index (χ4v) is 6.72. The predicted octanol–water partition coefficient (Wildman–Crippen LogP) is 4.61. The van der Waals surface area contributed by atoms with Gasteiger partial charge in [0.1, 0.15) is 0 Å². The number of piperidine rings is 1. The third-order valence-electron chi connectivity index (χ3n) is 8.41. The number of fused-ring (bicyclic) bond motifs is 2. The SMILES string of the molecule is Cc1ccc2c(n1)CCC[C@]21CNC[C@H]1C(=O)N1CC[C@@H](c2ccccc2)C[C@H]1C(C)C. The van der Waals surface area contributed by atoms with E-state index in [1.807, 2.05) is 0 Å². The molecule has 0 unspecified atom stereocenters. The summed E-state index contributed by atoms with van der Waals surface area (Å²) in [5.41, 5.74) is 4.96. The summed E-state index contributed by atoms with van der Waals surface area (Å²) in [6, 6.07) is 15.6. The zero-order valence-corrected chi connectivity index (χ0v) is 19.8. The number of amides is 1. The van der Waals surface area contributed by atoms with Crippen LogP contribution in [-0.4, -0.2) is 41.5 Å². The molecule has 3 heterocycles. The van der Waals surface area contributed by atoms with Gasteiger partial charge in [0.05, 0.1) is 5.92 Å². The molecule has 32 heavy (non-hydrogen) atoms. The van der Waals surface area contributed by atoms with Crippen LogP contribution in [0.4, 0.5) is 0 Å². The number of pyridine rings is 1. The van der Waals surface area contributed by atoms with Crippen LogP contribution in [-0.2, 0) is 16.6 Å². The van der Waals surface area contributed by atoms with E-state index >= 15 is 0 Å². The number of aromatic nitrogens is 1. The highest BCUT2D eigenvalue weighted by atomic mass is 16.2. The Labute approximate surface area is 192 Å². The van der Waals surface area contributed by atoms with Crippen LogP contribution in [0.1, 0.15) is 68.0 Å². The lowest BCUT2D eigenvalue weighted by atomic mass is 9.65. The second-order valence-corrected chi connectivity index (χ2v) is 10.6. The monoisotopic (exact) mass is 431 g/mol. The summed E-state index contributed by atoms with van der Waals surface area (Å²) in [5, 5.41) is 3.61. The van der Waals surface area contributed by atoms with Crippen molar-refractivity contribution in [3.63, 3.8) is 0 Å². The molecule has 2 aromatic rings. The fourth-order valence-electron chi connectivity index (χ4n) is 6.72. The van der Waals surface area contributed by atoms with Gasteiger partial charge in [0.2, 0.25) is 5.91 Å². The molecule has 1 aromatic heterocycles. The smallest absolute Gasteiger partial charge is 0.228 e. The van der Waals surface area contributed by atoms with Gasteiger partial charge in [-0.1, -0.05) is 50.2 Å². The molecule has 1 aromatic carbocycles. The summed E-state index contributed by atoms with van der Waals surface area (Å²) in [4.78, 5) is 21.3. The first-order chi connectivity index (χ1) is 15.5. The number of hydrogen-bond acceptors (Lipinski definition) is 3. The van der Waals surface area contributed by atoms with Crippen LogP contribution in [0.2, 0.25) is 0 Å². The Morgan fingerprint density at radius 3 is 2.78 bits per heavy atom. The maximum absolute atomic E-state index is 14.2. The van der Waals surface area contributed by atoms with E-state index in [0.29, 0.717) is 23.8 Å². The van der Waals surface area contributed by atoms with Crippen LogP contribution in [0.25, 0.3) is 0 Å². The fraction of sp³-hybridized carbons (Fsp3) is 0.571. The number of nitrogens with one attached hydrogen (secondary N) is 1. The van der Waals surface area contributed by atoms with E-state index in [-0.39, 0.29) is 11.3 Å². The van der Waals surface area contributed by atoms with Crippen molar-refractivity contribution < 1.29 is 4.79 Å². The minimum Gasteiger partial charge on any atom is -0.339 e. The van der Waals surface area contributed by atoms with E-state index in [1.165, 1.54) is 16.8 Å². The summed E-state index contributed by atoms with van der Waals surface area (Å²) >= 11 is 0. The third kappa shape index (κ3) is 3.67. The molecule has 4 atom stereocenters. The van der Waals surface area contributed by atoms with Crippen molar-refractivity contribution in [2.45, 2.75) is 70.3 Å². The lowest BCUT2D eigenvalue weighted by molar-refractivity contribution is -0.142. The molecule has 2 aliphatic heterocycles. The normalized spacial score (nSPS) is 30.0. The summed E-state index contributed by atoms with van der Waals surface area (Å²) in [6.45, 7) is 9.19. The zero-order valence-electron chi connectivity index (χ0n) is 19.8. The Balaban J connectivity index is 1.42. The Morgan fingerprint density at radius 1 is 1.19 bits per heavy atom. The third-order valence-corrected chi connectivity index (χ3v) is 8.41. The molecule has 1 aliphatic carbocycles. The van der Waals surface area contributed by atoms with E-state index in [0.717, 1.165) is 57.4 Å². The molecular weight excluding hydrogens is 394 g/mol. The molecule has 1 N–H and O–H groups in total. The Bertz CT molecular complexity index is 972. The molecule has 0 radical (unpaired) electrons. The van der Waals surface area contributed by atoms with Crippen molar-refractivity contribution in [1.29, 1.82) is 0 Å². The average molecular weight is 432 g/mol. The molecule has 0 saturated carbocycles. The van der Waals surface area contributed by atoms with Crippen LogP contribution in [0, 0.1) is 18.8 Å². The number of carbonyl (C=O) groups is 1. The molecule has 170 valence electrons. The Hall–Kier alpha value is -2.20. The predicted molar refractivity (Wildman–Crippen MR) is 129 cm³/mol. The van der Waals surface area contributed by atoms with Crippen molar-refractivity contribution >= 4 is 5.91 Å². The highest BCUT2D eigenvalue weighted by Crippen LogP contribution is 2.46. The quantitative estimate of drug-likeness (QED) is 0.772. The summed E-state index contributed by atoms with van der Waals surface area (Å²) in [7, 11) is 0. The van der Waals surface area contributed by atoms with Crippen LogP contribution in [0.5, 0.6) is 0 Å². The average Bonchev–Trinajstić information content (AvgIpc) is 3.22. The zero-order chi connectivity index (χ0) is 22.3. The van der Waals surface area contributed by atoms with Crippen molar-refractivity contribution in [1.82, 2.24) is 15.2 Å². The largest absolute Gasteiger partial charge is 0.339 e. The van der Waals surface area contributed by atoms with Crippen molar-refractivity contribution in [3.05, 3.63) is 65.0 Å². The van der Waals surface area contributed by atoms with E-state index in [1.54, 1.807) is 0 Å². The van der Waals surface area contributed by atoms with Crippen LogP contribution >= 0.6 is 0 Å². The van der Waals surface area contributed by atoms with E-state index in [2.05, 4.69) is 73.5 Å². The molecule has 4 nitrogen and oxygen atoms in total. The van der Waals surface area contributed by atoms with Gasteiger partial charge < -0.3 is 10.2 Å². The second-order valence-electron chi connectivity index (χ2n) is 10.6. The minimum absolute atomic E-state index is 0.0144. The standard InChI is InChI=1S/C28H37N3O/c1-19(2)26-16-22(21-8-5-4-6-9-21)13-15-31(26)27(32)24-17-29-18-28(24)14-7-10-25-23(28)12-11-20(3)30-25/h4-6,8-9,11-12,19,22,24,26,29H,7,10,13-18H2,1-3H3/t22-,24+,26+,28+/m1/s1. The lowest BCUT2D eigenvalue weighted by Gasteiger charge is -2.46. The Morgan fingerprint density at radius 2 is 2.00 bits per heavy atom. The molecule has 2 saturated heterocycles. The Kier molecular flexibility index (Phi) is 5.83. The first kappa shape index (κ1) is 21.6. The number of rotatable bonds is 3. The van der Waals surface area contributed by atoms with E-state index in [9.17, 15) is 4.79 Å². The van der Waals surface area contributed by atoms with Crippen LogP contribution < -0.4 is 5.32 Å². The first-order valence-electron chi connectivity index (χ1n) is 12.5. The van der Waals surface area contributed by atoms with Gasteiger partial charge in [0.25, 0.3) is 0 Å². The molecule has 1 spiro atoms. The molecule has 4 heteroatoms. The van der Waals surface area contributed by atoms with Gasteiger partial charge >= 0.3 is 0 Å². The lowest BCUT2D eigenvalue weighted by Crippen LogP contribution is -2.54. The number of nitrogens with zero attached hydrogens (tertiary/aromatic N) is 2.